The molecule has 0 unspecified atom stereocenters. The first kappa shape index (κ1) is 19.3. The smallest absolute Gasteiger partial charge is 0.169 e. The summed E-state index contributed by atoms with van der Waals surface area (Å²) in [6, 6.07) is 28.6. The van der Waals surface area contributed by atoms with E-state index < -0.39 is 0 Å². The molecule has 150 valence electrons. The Labute approximate surface area is 175 Å². The largest absolute Gasteiger partial charge is 0.486 e. The highest BCUT2D eigenvalue weighted by Gasteiger charge is 2.10. The molecule has 6 heteroatoms. The Balaban J connectivity index is 1.52. The molecule has 0 atom stereocenters. The number of nitrogens with zero attached hydrogens (tertiary/aromatic N) is 1. The Morgan fingerprint density at radius 1 is 0.733 bits per heavy atom. The summed E-state index contributed by atoms with van der Waals surface area (Å²) >= 11 is 0. The summed E-state index contributed by atoms with van der Waals surface area (Å²) in [6.07, 6.45) is 0. The Kier molecular flexibility index (Phi) is 5.50. The third kappa shape index (κ3) is 4.19. The van der Waals surface area contributed by atoms with E-state index in [2.05, 4.69) is 58.9 Å². The molecule has 0 saturated carbocycles. The van der Waals surface area contributed by atoms with Crippen LogP contribution in [0.4, 0.5) is 17.3 Å². The van der Waals surface area contributed by atoms with Crippen LogP contribution in [0.25, 0.3) is 22.3 Å². The number of hydrazine groups is 1. The maximum atomic E-state index is 6.02. The molecule has 3 aromatic carbocycles. The highest BCUT2D eigenvalue weighted by Crippen LogP contribution is 2.31. The number of nitrogens with two attached hydrogens (primary N) is 3. The van der Waals surface area contributed by atoms with Crippen molar-refractivity contribution < 1.29 is 4.74 Å². The molecule has 0 aliphatic heterocycles. The number of hydrogen-bond donors (Lipinski definition) is 4. The lowest BCUT2D eigenvalue weighted by Gasteiger charge is -2.13. The van der Waals surface area contributed by atoms with Gasteiger partial charge in [0, 0.05) is 6.07 Å². The average molecular weight is 397 g/mol. The molecule has 0 aliphatic rings. The van der Waals surface area contributed by atoms with Crippen LogP contribution in [0.1, 0.15) is 5.56 Å². The van der Waals surface area contributed by atoms with Crippen LogP contribution in [-0.4, -0.2) is 4.98 Å². The third-order valence-electron chi connectivity index (χ3n) is 4.82. The highest BCUT2D eigenvalue weighted by atomic mass is 16.5. The van der Waals surface area contributed by atoms with Crippen molar-refractivity contribution in [1.29, 1.82) is 0 Å². The van der Waals surface area contributed by atoms with Gasteiger partial charge in [0.05, 0.1) is 0 Å². The fraction of sp³-hybridized carbons (Fsp3) is 0.0417. The van der Waals surface area contributed by atoms with Crippen LogP contribution in [0.2, 0.25) is 0 Å². The molecule has 7 N–H and O–H groups in total. The van der Waals surface area contributed by atoms with E-state index in [0.717, 1.165) is 16.7 Å². The standard InChI is InChI=1S/C24H23N5O/c25-22-14-21(23(26)24(28-22)29-27)30-15-16-5-4-8-20(13-16)19-11-9-18(10-12-19)17-6-2-1-3-7-17/h1-14H,15,26-27H2,(H3,25,28,29). The molecule has 0 spiro atoms. The van der Waals surface area contributed by atoms with Crippen molar-refractivity contribution in [3.8, 4) is 28.0 Å². The topological polar surface area (TPSA) is 112 Å². The molecule has 6 nitrogen and oxygen atoms in total. The van der Waals surface area contributed by atoms with Crippen molar-refractivity contribution >= 4 is 17.3 Å². The molecule has 1 aromatic heterocycles. The highest BCUT2D eigenvalue weighted by molar-refractivity contribution is 5.72. The van der Waals surface area contributed by atoms with Gasteiger partial charge in [0.2, 0.25) is 0 Å². The van der Waals surface area contributed by atoms with Gasteiger partial charge in [-0.05, 0) is 33.9 Å². The molecule has 4 aromatic rings. The lowest BCUT2D eigenvalue weighted by molar-refractivity contribution is 0.308. The number of hydrogen-bond acceptors (Lipinski definition) is 6. The first-order chi connectivity index (χ1) is 14.6. The van der Waals surface area contributed by atoms with Crippen molar-refractivity contribution in [2.24, 2.45) is 5.84 Å². The van der Waals surface area contributed by atoms with Gasteiger partial charge in [0.1, 0.15) is 23.9 Å². The number of aromatic nitrogens is 1. The molecule has 0 aliphatic carbocycles. The van der Waals surface area contributed by atoms with Crippen LogP contribution >= 0.6 is 0 Å². The fourth-order valence-electron chi connectivity index (χ4n) is 3.27. The van der Waals surface area contributed by atoms with E-state index in [-0.39, 0.29) is 11.6 Å². The van der Waals surface area contributed by atoms with Gasteiger partial charge >= 0.3 is 0 Å². The Hall–Kier alpha value is -4.03. The van der Waals surface area contributed by atoms with Crippen LogP contribution in [0.5, 0.6) is 5.75 Å². The molecule has 30 heavy (non-hydrogen) atoms. The summed E-state index contributed by atoms with van der Waals surface area (Å²) in [4.78, 5) is 4.03. The molecule has 0 saturated heterocycles. The minimum atomic E-state index is 0.277. The number of pyridine rings is 1. The van der Waals surface area contributed by atoms with E-state index in [4.69, 9.17) is 22.0 Å². The quantitative estimate of drug-likeness (QED) is 0.283. The minimum absolute atomic E-state index is 0.277. The molecular weight excluding hydrogens is 374 g/mol. The second-order valence-corrected chi connectivity index (χ2v) is 6.88. The summed E-state index contributed by atoms with van der Waals surface area (Å²) in [5.74, 6) is 6.43. The van der Waals surface area contributed by atoms with Gasteiger partial charge in [-0.3, -0.25) is 0 Å². The predicted octanol–water partition coefficient (Wildman–Crippen LogP) is 4.44. The van der Waals surface area contributed by atoms with Crippen LogP contribution in [0.3, 0.4) is 0 Å². The second kappa shape index (κ2) is 8.55. The maximum Gasteiger partial charge on any atom is 0.169 e. The second-order valence-electron chi connectivity index (χ2n) is 6.88. The maximum absolute atomic E-state index is 6.02. The first-order valence-corrected chi connectivity index (χ1v) is 9.54. The van der Waals surface area contributed by atoms with E-state index in [0.29, 0.717) is 18.0 Å². The fourth-order valence-corrected chi connectivity index (χ4v) is 3.27. The number of nitrogens with one attached hydrogen (secondary N) is 1. The van der Waals surface area contributed by atoms with Gasteiger partial charge in [-0.1, -0.05) is 72.8 Å². The van der Waals surface area contributed by atoms with E-state index in [9.17, 15) is 0 Å². The first-order valence-electron chi connectivity index (χ1n) is 9.54. The summed E-state index contributed by atoms with van der Waals surface area (Å²) in [6.45, 7) is 0.341. The molecular formula is C24H23N5O. The van der Waals surface area contributed by atoms with Gasteiger partial charge in [-0.15, -0.1) is 0 Å². The number of benzene rings is 3. The SMILES string of the molecule is NNc1nc(N)cc(OCc2cccc(-c3ccc(-c4ccccc4)cc3)c2)c1N. The minimum Gasteiger partial charge on any atom is -0.486 e. The molecule has 0 radical (unpaired) electrons. The monoisotopic (exact) mass is 397 g/mol. The molecule has 0 fully saturated rings. The van der Waals surface area contributed by atoms with Crippen LogP contribution < -0.4 is 27.5 Å². The van der Waals surface area contributed by atoms with Crippen molar-refractivity contribution in [3.05, 3.63) is 90.5 Å². The van der Waals surface area contributed by atoms with E-state index in [1.165, 1.54) is 11.1 Å². The predicted molar refractivity (Wildman–Crippen MR) is 123 cm³/mol. The molecule has 1 heterocycles. The Bertz CT molecular complexity index is 1140. The summed E-state index contributed by atoms with van der Waals surface area (Å²) in [7, 11) is 0. The van der Waals surface area contributed by atoms with E-state index >= 15 is 0 Å². The van der Waals surface area contributed by atoms with E-state index in [1.54, 1.807) is 6.07 Å². The van der Waals surface area contributed by atoms with Crippen molar-refractivity contribution in [3.63, 3.8) is 0 Å². The average Bonchev–Trinajstić information content (AvgIpc) is 2.80. The van der Waals surface area contributed by atoms with Crippen LogP contribution in [-0.2, 0) is 6.61 Å². The molecule has 4 rings (SSSR count). The summed E-state index contributed by atoms with van der Waals surface area (Å²) in [5, 5.41) is 0. The lowest BCUT2D eigenvalue weighted by Crippen LogP contribution is -2.13. The normalized spacial score (nSPS) is 10.6. The zero-order valence-electron chi connectivity index (χ0n) is 16.4. The van der Waals surface area contributed by atoms with Crippen molar-refractivity contribution in [2.45, 2.75) is 6.61 Å². The number of ether oxygens (including phenoxy) is 1. The number of nitrogen functional groups attached to an aromatic ring is 3. The van der Waals surface area contributed by atoms with Crippen LogP contribution in [0, 0.1) is 0 Å². The van der Waals surface area contributed by atoms with Crippen LogP contribution in [0.15, 0.2) is 84.9 Å². The molecule has 0 amide bonds. The van der Waals surface area contributed by atoms with Crippen molar-refractivity contribution in [1.82, 2.24) is 4.98 Å². The van der Waals surface area contributed by atoms with Gasteiger partial charge in [-0.25, -0.2) is 10.8 Å². The Morgan fingerprint density at radius 2 is 1.37 bits per heavy atom. The number of rotatable bonds is 6. The summed E-state index contributed by atoms with van der Waals surface area (Å²) in [5.41, 5.74) is 20.2. The Morgan fingerprint density at radius 3 is 2.07 bits per heavy atom. The summed E-state index contributed by atoms with van der Waals surface area (Å²) < 4.78 is 5.87. The van der Waals surface area contributed by atoms with Gasteiger partial charge < -0.3 is 21.6 Å². The van der Waals surface area contributed by atoms with E-state index in [1.807, 2.05) is 30.3 Å². The zero-order valence-corrected chi connectivity index (χ0v) is 16.4. The van der Waals surface area contributed by atoms with Gasteiger partial charge in [0.25, 0.3) is 0 Å². The lowest BCUT2D eigenvalue weighted by atomic mass is 9.99. The third-order valence-corrected chi connectivity index (χ3v) is 4.82. The number of anilines is 3. The van der Waals surface area contributed by atoms with Gasteiger partial charge in [-0.2, -0.15) is 0 Å². The molecule has 0 bridgehead atoms. The van der Waals surface area contributed by atoms with Gasteiger partial charge in [0.15, 0.2) is 5.82 Å². The zero-order chi connectivity index (χ0) is 20.9. The van der Waals surface area contributed by atoms with Crippen molar-refractivity contribution in [2.75, 3.05) is 16.9 Å².